The molecule has 0 heterocycles. The SMILES string of the molecule is CC(C)C(Br)C(=O)N[C@@H](CO)c1ccccc1. The van der Waals surface area contributed by atoms with Crippen molar-refractivity contribution in [2.75, 3.05) is 6.61 Å². The quantitative estimate of drug-likeness (QED) is 0.820. The zero-order valence-electron chi connectivity index (χ0n) is 10.1. The lowest BCUT2D eigenvalue weighted by molar-refractivity contribution is -0.122. The Morgan fingerprint density at radius 3 is 2.41 bits per heavy atom. The van der Waals surface area contributed by atoms with Gasteiger partial charge in [0.2, 0.25) is 5.91 Å². The van der Waals surface area contributed by atoms with E-state index in [1.54, 1.807) is 0 Å². The third kappa shape index (κ3) is 4.13. The first-order valence-electron chi connectivity index (χ1n) is 5.66. The lowest BCUT2D eigenvalue weighted by atomic mass is 10.1. The first-order valence-corrected chi connectivity index (χ1v) is 6.58. The van der Waals surface area contributed by atoms with Gasteiger partial charge in [0, 0.05) is 0 Å². The summed E-state index contributed by atoms with van der Waals surface area (Å²) < 4.78 is 0. The average Bonchev–Trinajstić information content (AvgIpc) is 2.35. The van der Waals surface area contributed by atoms with Gasteiger partial charge in [0.1, 0.15) is 0 Å². The van der Waals surface area contributed by atoms with Crippen LogP contribution < -0.4 is 5.32 Å². The molecule has 1 aromatic carbocycles. The van der Waals surface area contributed by atoms with Gasteiger partial charge in [-0.05, 0) is 11.5 Å². The predicted molar refractivity (Wildman–Crippen MR) is 72.0 cm³/mol. The van der Waals surface area contributed by atoms with E-state index in [0.29, 0.717) is 0 Å². The molecular weight excluding hydrogens is 282 g/mol. The molecule has 0 bridgehead atoms. The Kier molecular flexibility index (Phi) is 5.65. The molecule has 0 spiro atoms. The van der Waals surface area contributed by atoms with Gasteiger partial charge < -0.3 is 10.4 Å². The Labute approximate surface area is 110 Å². The second kappa shape index (κ2) is 6.77. The summed E-state index contributed by atoms with van der Waals surface area (Å²) in [5.74, 6) is 0.119. The minimum absolute atomic E-state index is 0.0945. The van der Waals surface area contributed by atoms with Crippen molar-refractivity contribution in [3.63, 3.8) is 0 Å². The molecule has 0 radical (unpaired) electrons. The first kappa shape index (κ1) is 14.2. The smallest absolute Gasteiger partial charge is 0.234 e. The molecule has 1 rings (SSSR count). The van der Waals surface area contributed by atoms with Crippen molar-refractivity contribution in [3.8, 4) is 0 Å². The van der Waals surface area contributed by atoms with E-state index in [2.05, 4.69) is 21.2 Å². The van der Waals surface area contributed by atoms with Gasteiger partial charge in [0.15, 0.2) is 0 Å². The molecule has 94 valence electrons. The number of amides is 1. The maximum atomic E-state index is 11.9. The standard InChI is InChI=1S/C13H18BrNO2/c1-9(2)12(14)13(17)15-11(8-16)10-6-4-3-5-7-10/h3-7,9,11-12,16H,8H2,1-2H3,(H,15,17)/t11-,12?/m0/s1. The molecule has 0 aliphatic heterocycles. The van der Waals surface area contributed by atoms with E-state index >= 15 is 0 Å². The van der Waals surface area contributed by atoms with Gasteiger partial charge in [-0.3, -0.25) is 4.79 Å². The second-order valence-corrected chi connectivity index (χ2v) is 5.29. The monoisotopic (exact) mass is 299 g/mol. The molecule has 4 heteroatoms. The fourth-order valence-electron chi connectivity index (χ4n) is 1.47. The topological polar surface area (TPSA) is 49.3 Å². The van der Waals surface area contributed by atoms with Crippen LogP contribution in [0.25, 0.3) is 0 Å². The van der Waals surface area contributed by atoms with Crippen molar-refractivity contribution < 1.29 is 9.90 Å². The van der Waals surface area contributed by atoms with Crippen LogP contribution in [0.5, 0.6) is 0 Å². The summed E-state index contributed by atoms with van der Waals surface area (Å²) in [7, 11) is 0. The van der Waals surface area contributed by atoms with E-state index in [1.165, 1.54) is 0 Å². The highest BCUT2D eigenvalue weighted by molar-refractivity contribution is 9.10. The Balaban J connectivity index is 2.68. The van der Waals surface area contributed by atoms with Gasteiger partial charge in [-0.15, -0.1) is 0 Å². The third-order valence-electron chi connectivity index (χ3n) is 2.54. The molecule has 0 aliphatic carbocycles. The number of hydrogen-bond acceptors (Lipinski definition) is 2. The number of carbonyl (C=O) groups excluding carboxylic acids is 1. The highest BCUT2D eigenvalue weighted by Gasteiger charge is 2.21. The van der Waals surface area contributed by atoms with Gasteiger partial charge in [0.05, 0.1) is 17.5 Å². The van der Waals surface area contributed by atoms with Crippen LogP contribution in [0, 0.1) is 5.92 Å². The lowest BCUT2D eigenvalue weighted by Gasteiger charge is -2.20. The summed E-state index contributed by atoms with van der Waals surface area (Å²) in [4.78, 5) is 11.6. The number of hydrogen-bond donors (Lipinski definition) is 2. The van der Waals surface area contributed by atoms with Crippen molar-refractivity contribution in [3.05, 3.63) is 35.9 Å². The molecule has 1 amide bonds. The van der Waals surface area contributed by atoms with Crippen molar-refractivity contribution in [2.24, 2.45) is 5.92 Å². The molecule has 0 saturated heterocycles. The van der Waals surface area contributed by atoms with Crippen LogP contribution in [-0.4, -0.2) is 22.4 Å². The Morgan fingerprint density at radius 2 is 1.94 bits per heavy atom. The maximum Gasteiger partial charge on any atom is 0.234 e. The second-order valence-electron chi connectivity index (χ2n) is 4.30. The molecule has 17 heavy (non-hydrogen) atoms. The number of halogens is 1. The number of nitrogens with one attached hydrogen (secondary N) is 1. The first-order chi connectivity index (χ1) is 8.06. The zero-order valence-corrected chi connectivity index (χ0v) is 11.6. The fraction of sp³-hybridized carbons (Fsp3) is 0.462. The van der Waals surface area contributed by atoms with Crippen LogP contribution in [0.1, 0.15) is 25.5 Å². The zero-order chi connectivity index (χ0) is 12.8. The summed E-state index contributed by atoms with van der Waals surface area (Å²) in [6.07, 6.45) is 0. The molecular formula is C13H18BrNO2. The van der Waals surface area contributed by atoms with Gasteiger partial charge in [-0.2, -0.15) is 0 Å². The van der Waals surface area contributed by atoms with Crippen LogP contribution >= 0.6 is 15.9 Å². The van der Waals surface area contributed by atoms with E-state index in [0.717, 1.165) is 5.56 Å². The Morgan fingerprint density at radius 1 is 1.35 bits per heavy atom. The largest absolute Gasteiger partial charge is 0.394 e. The van der Waals surface area contributed by atoms with Crippen LogP contribution in [0.3, 0.4) is 0 Å². The van der Waals surface area contributed by atoms with Gasteiger partial charge in [-0.1, -0.05) is 60.1 Å². The number of benzene rings is 1. The molecule has 0 aromatic heterocycles. The van der Waals surface area contributed by atoms with Crippen molar-refractivity contribution in [1.29, 1.82) is 0 Å². The molecule has 2 atom stereocenters. The summed E-state index contributed by atoms with van der Waals surface area (Å²) in [6, 6.07) is 9.11. The van der Waals surface area contributed by atoms with E-state index < -0.39 is 0 Å². The fourth-order valence-corrected chi connectivity index (χ4v) is 1.61. The summed E-state index contributed by atoms with van der Waals surface area (Å²) in [5.41, 5.74) is 0.909. The van der Waals surface area contributed by atoms with E-state index in [-0.39, 0.29) is 29.3 Å². The van der Waals surface area contributed by atoms with Gasteiger partial charge >= 0.3 is 0 Å². The van der Waals surface area contributed by atoms with Gasteiger partial charge in [-0.25, -0.2) is 0 Å². The van der Waals surface area contributed by atoms with E-state index in [1.807, 2.05) is 44.2 Å². The maximum absolute atomic E-state index is 11.9. The molecule has 0 aliphatic rings. The molecule has 0 saturated carbocycles. The number of carbonyl (C=O) groups is 1. The molecule has 1 unspecified atom stereocenters. The molecule has 0 fully saturated rings. The van der Waals surface area contributed by atoms with Crippen molar-refractivity contribution >= 4 is 21.8 Å². The number of rotatable bonds is 5. The highest BCUT2D eigenvalue weighted by Crippen LogP contribution is 2.16. The van der Waals surface area contributed by atoms with Crippen LogP contribution in [0.15, 0.2) is 30.3 Å². The molecule has 3 nitrogen and oxygen atoms in total. The molecule has 2 N–H and O–H groups in total. The minimum Gasteiger partial charge on any atom is -0.394 e. The van der Waals surface area contributed by atoms with Crippen molar-refractivity contribution in [1.82, 2.24) is 5.32 Å². The van der Waals surface area contributed by atoms with Crippen molar-refractivity contribution in [2.45, 2.75) is 24.7 Å². The Bertz CT molecular complexity index is 354. The number of alkyl halides is 1. The van der Waals surface area contributed by atoms with Crippen LogP contribution in [0.2, 0.25) is 0 Å². The van der Waals surface area contributed by atoms with E-state index in [9.17, 15) is 9.90 Å². The summed E-state index contributed by atoms with van der Waals surface area (Å²) >= 11 is 3.34. The predicted octanol–water partition coefficient (Wildman–Crippen LogP) is 2.26. The molecule has 1 aromatic rings. The minimum atomic E-state index is -0.345. The van der Waals surface area contributed by atoms with Crippen LogP contribution in [0.4, 0.5) is 0 Å². The number of aliphatic hydroxyl groups is 1. The van der Waals surface area contributed by atoms with Crippen LogP contribution in [-0.2, 0) is 4.79 Å². The third-order valence-corrected chi connectivity index (χ3v) is 4.01. The summed E-state index contributed by atoms with van der Waals surface area (Å²) in [5, 5.41) is 12.1. The normalized spacial score (nSPS) is 14.4. The van der Waals surface area contributed by atoms with E-state index in [4.69, 9.17) is 0 Å². The summed E-state index contributed by atoms with van der Waals surface area (Å²) in [6.45, 7) is 3.83. The highest BCUT2D eigenvalue weighted by atomic mass is 79.9. The number of aliphatic hydroxyl groups excluding tert-OH is 1. The Hall–Kier alpha value is -0.870. The van der Waals surface area contributed by atoms with Gasteiger partial charge in [0.25, 0.3) is 0 Å². The average molecular weight is 300 g/mol. The lowest BCUT2D eigenvalue weighted by Crippen LogP contribution is -2.38.